The van der Waals surface area contributed by atoms with Crippen LogP contribution in [0.2, 0.25) is 0 Å². The molecule has 0 aliphatic rings. The van der Waals surface area contributed by atoms with Crippen molar-refractivity contribution in [2.75, 3.05) is 48.5 Å². The standard InChI is InChI=1S/C23H32N4O3/c1-26(2)22(28)16-25-23(24-15-14-18-6-10-20(29-4)11-7-18)27(3)17-19-8-12-21(30-5)13-9-19/h6-13H,14-17H2,1-5H3,(H,24,25). The minimum Gasteiger partial charge on any atom is -0.497 e. The summed E-state index contributed by atoms with van der Waals surface area (Å²) in [7, 11) is 8.74. The number of nitrogens with one attached hydrogen (secondary N) is 1. The van der Waals surface area contributed by atoms with Crippen molar-refractivity contribution >= 4 is 11.9 Å². The average Bonchev–Trinajstić information content (AvgIpc) is 2.76. The van der Waals surface area contributed by atoms with E-state index in [0.29, 0.717) is 19.0 Å². The van der Waals surface area contributed by atoms with Crippen LogP contribution in [0.3, 0.4) is 0 Å². The van der Waals surface area contributed by atoms with Crippen LogP contribution in [0.5, 0.6) is 11.5 Å². The largest absolute Gasteiger partial charge is 0.497 e. The predicted octanol–water partition coefficient (Wildman–Crippen LogP) is 2.41. The zero-order valence-electron chi connectivity index (χ0n) is 18.5. The number of hydrogen-bond donors (Lipinski definition) is 1. The quantitative estimate of drug-likeness (QED) is 0.506. The van der Waals surface area contributed by atoms with Gasteiger partial charge in [-0.1, -0.05) is 24.3 Å². The lowest BCUT2D eigenvalue weighted by Gasteiger charge is -2.23. The van der Waals surface area contributed by atoms with Gasteiger partial charge in [-0.3, -0.25) is 4.79 Å². The molecule has 0 heterocycles. The number of aliphatic imine (C=N–C) groups is 1. The van der Waals surface area contributed by atoms with Crippen molar-refractivity contribution < 1.29 is 14.3 Å². The van der Waals surface area contributed by atoms with Crippen LogP contribution in [0.1, 0.15) is 11.1 Å². The highest BCUT2D eigenvalue weighted by atomic mass is 16.5. The molecule has 0 saturated heterocycles. The molecule has 0 aliphatic heterocycles. The Labute approximate surface area is 179 Å². The second kappa shape index (κ2) is 11.7. The van der Waals surface area contributed by atoms with E-state index in [2.05, 4.69) is 10.3 Å². The Morgan fingerprint density at radius 3 is 1.93 bits per heavy atom. The highest BCUT2D eigenvalue weighted by Crippen LogP contribution is 2.13. The molecule has 162 valence electrons. The zero-order chi connectivity index (χ0) is 21.9. The van der Waals surface area contributed by atoms with Crippen molar-refractivity contribution in [3.05, 3.63) is 59.7 Å². The monoisotopic (exact) mass is 412 g/mol. The van der Waals surface area contributed by atoms with Gasteiger partial charge in [0.15, 0.2) is 5.96 Å². The maximum atomic E-state index is 12.0. The van der Waals surface area contributed by atoms with E-state index in [1.807, 2.05) is 60.5 Å². The van der Waals surface area contributed by atoms with Gasteiger partial charge < -0.3 is 24.6 Å². The fraction of sp³-hybridized carbons (Fsp3) is 0.391. The first kappa shape index (κ1) is 23.1. The SMILES string of the molecule is COc1ccc(CCNC(=NCC(=O)N(C)C)N(C)Cc2ccc(OC)cc2)cc1. The molecule has 0 saturated carbocycles. The summed E-state index contributed by atoms with van der Waals surface area (Å²) in [5, 5.41) is 3.38. The third-order valence-electron chi connectivity index (χ3n) is 4.66. The number of amides is 1. The highest BCUT2D eigenvalue weighted by Gasteiger charge is 2.10. The lowest BCUT2D eigenvalue weighted by atomic mass is 10.1. The van der Waals surface area contributed by atoms with Crippen molar-refractivity contribution in [3.8, 4) is 11.5 Å². The molecule has 0 aliphatic carbocycles. The number of ether oxygens (including phenoxy) is 2. The van der Waals surface area contributed by atoms with Crippen LogP contribution in [-0.4, -0.2) is 70.1 Å². The molecule has 0 fully saturated rings. The molecule has 0 atom stereocenters. The number of carbonyl (C=O) groups excluding carboxylic acids is 1. The van der Waals surface area contributed by atoms with E-state index in [0.717, 1.165) is 23.5 Å². The van der Waals surface area contributed by atoms with Crippen LogP contribution in [0.25, 0.3) is 0 Å². The van der Waals surface area contributed by atoms with Gasteiger partial charge in [-0.25, -0.2) is 4.99 Å². The second-order valence-corrected chi connectivity index (χ2v) is 7.16. The Morgan fingerprint density at radius 1 is 0.900 bits per heavy atom. The second-order valence-electron chi connectivity index (χ2n) is 7.16. The maximum Gasteiger partial charge on any atom is 0.243 e. The molecule has 0 bridgehead atoms. The molecular formula is C23H32N4O3. The van der Waals surface area contributed by atoms with Crippen LogP contribution in [-0.2, 0) is 17.8 Å². The van der Waals surface area contributed by atoms with Crippen molar-refractivity contribution in [1.82, 2.24) is 15.1 Å². The Morgan fingerprint density at radius 2 is 1.43 bits per heavy atom. The average molecular weight is 413 g/mol. The van der Waals surface area contributed by atoms with E-state index in [1.54, 1.807) is 33.2 Å². The first-order valence-corrected chi connectivity index (χ1v) is 9.88. The smallest absolute Gasteiger partial charge is 0.243 e. The van der Waals surface area contributed by atoms with Crippen molar-refractivity contribution in [3.63, 3.8) is 0 Å². The third kappa shape index (κ3) is 7.31. The van der Waals surface area contributed by atoms with Gasteiger partial charge in [0.2, 0.25) is 5.91 Å². The Hall–Kier alpha value is -3.22. The van der Waals surface area contributed by atoms with E-state index >= 15 is 0 Å². The van der Waals surface area contributed by atoms with Crippen LogP contribution >= 0.6 is 0 Å². The van der Waals surface area contributed by atoms with Gasteiger partial charge in [0.05, 0.1) is 14.2 Å². The number of hydrogen-bond acceptors (Lipinski definition) is 4. The molecule has 7 heteroatoms. The Kier molecular flexibility index (Phi) is 9.00. The molecule has 2 aromatic carbocycles. The molecule has 0 radical (unpaired) electrons. The summed E-state index contributed by atoms with van der Waals surface area (Å²) in [5.41, 5.74) is 2.33. The number of benzene rings is 2. The summed E-state index contributed by atoms with van der Waals surface area (Å²) in [5.74, 6) is 2.32. The van der Waals surface area contributed by atoms with Gasteiger partial charge in [0.25, 0.3) is 0 Å². The van der Waals surface area contributed by atoms with E-state index < -0.39 is 0 Å². The number of guanidine groups is 1. The first-order valence-electron chi connectivity index (χ1n) is 9.88. The van der Waals surface area contributed by atoms with E-state index in [1.165, 1.54) is 5.56 Å². The Bertz CT molecular complexity index is 817. The predicted molar refractivity (Wildman–Crippen MR) is 120 cm³/mol. The molecule has 0 spiro atoms. The number of methoxy groups -OCH3 is 2. The molecule has 1 N–H and O–H groups in total. The molecular weight excluding hydrogens is 380 g/mol. The molecule has 1 amide bonds. The van der Waals surface area contributed by atoms with Crippen molar-refractivity contribution in [2.45, 2.75) is 13.0 Å². The van der Waals surface area contributed by atoms with Crippen molar-refractivity contribution in [1.29, 1.82) is 0 Å². The maximum absolute atomic E-state index is 12.0. The molecule has 2 aromatic rings. The van der Waals surface area contributed by atoms with Gasteiger partial charge in [0.1, 0.15) is 18.0 Å². The normalized spacial score (nSPS) is 11.0. The number of nitrogens with zero attached hydrogens (tertiary/aromatic N) is 3. The minimum absolute atomic E-state index is 0.0395. The third-order valence-corrected chi connectivity index (χ3v) is 4.66. The summed E-state index contributed by atoms with van der Waals surface area (Å²) in [6, 6.07) is 15.9. The lowest BCUT2D eigenvalue weighted by molar-refractivity contribution is -0.127. The summed E-state index contributed by atoms with van der Waals surface area (Å²) in [6.45, 7) is 1.47. The van der Waals surface area contributed by atoms with Gasteiger partial charge >= 0.3 is 0 Å². The molecule has 0 unspecified atom stereocenters. The van der Waals surface area contributed by atoms with Crippen LogP contribution in [0.15, 0.2) is 53.5 Å². The van der Waals surface area contributed by atoms with E-state index in [9.17, 15) is 4.79 Å². The van der Waals surface area contributed by atoms with E-state index in [4.69, 9.17) is 9.47 Å². The fourth-order valence-corrected chi connectivity index (χ4v) is 2.79. The number of carbonyl (C=O) groups is 1. The number of rotatable bonds is 9. The van der Waals surface area contributed by atoms with Gasteiger partial charge in [0, 0.05) is 34.2 Å². The highest BCUT2D eigenvalue weighted by molar-refractivity contribution is 5.84. The van der Waals surface area contributed by atoms with Gasteiger partial charge in [-0.2, -0.15) is 0 Å². The van der Waals surface area contributed by atoms with Crippen molar-refractivity contribution in [2.24, 2.45) is 4.99 Å². The molecule has 30 heavy (non-hydrogen) atoms. The summed E-state index contributed by atoms with van der Waals surface area (Å²) < 4.78 is 10.4. The summed E-state index contributed by atoms with van der Waals surface area (Å²) in [6.07, 6.45) is 0.834. The van der Waals surface area contributed by atoms with Crippen LogP contribution < -0.4 is 14.8 Å². The topological polar surface area (TPSA) is 66.4 Å². The molecule has 0 aromatic heterocycles. The zero-order valence-corrected chi connectivity index (χ0v) is 18.5. The van der Waals surface area contributed by atoms with Gasteiger partial charge in [-0.05, 0) is 41.8 Å². The van der Waals surface area contributed by atoms with Gasteiger partial charge in [-0.15, -0.1) is 0 Å². The molecule has 2 rings (SSSR count). The Balaban J connectivity index is 2.02. The van der Waals surface area contributed by atoms with Crippen LogP contribution in [0, 0.1) is 0 Å². The first-order chi connectivity index (χ1) is 14.4. The summed E-state index contributed by atoms with van der Waals surface area (Å²) in [4.78, 5) is 20.1. The van der Waals surface area contributed by atoms with E-state index in [-0.39, 0.29) is 12.5 Å². The summed E-state index contributed by atoms with van der Waals surface area (Å²) >= 11 is 0. The number of likely N-dealkylation sites (N-methyl/N-ethyl adjacent to an activating group) is 1. The van der Waals surface area contributed by atoms with Crippen LogP contribution in [0.4, 0.5) is 0 Å². The molecule has 7 nitrogen and oxygen atoms in total. The minimum atomic E-state index is -0.0395. The fourth-order valence-electron chi connectivity index (χ4n) is 2.79. The lowest BCUT2D eigenvalue weighted by Crippen LogP contribution is -2.40.